The topological polar surface area (TPSA) is 25.8 Å². The Hall–Kier alpha value is -1.18. The molecule has 3 heteroatoms. The van der Waals surface area contributed by atoms with Crippen molar-refractivity contribution >= 4 is 23.9 Å². The zero-order valence-electron chi connectivity index (χ0n) is 8.77. The third-order valence-corrected chi connectivity index (χ3v) is 5.00. The first-order valence-corrected chi connectivity index (χ1v) is 6.48. The number of aromatic nitrogens is 2. The van der Waals surface area contributed by atoms with E-state index in [4.69, 9.17) is 0 Å². The van der Waals surface area contributed by atoms with Gasteiger partial charge in [0.1, 0.15) is 0 Å². The summed E-state index contributed by atoms with van der Waals surface area (Å²) >= 11 is 0.361. The second-order valence-electron chi connectivity index (χ2n) is 3.38. The van der Waals surface area contributed by atoms with Crippen molar-refractivity contribution in [2.24, 2.45) is 0 Å². The van der Waals surface area contributed by atoms with Gasteiger partial charge in [-0.05, 0) is 0 Å². The van der Waals surface area contributed by atoms with Crippen molar-refractivity contribution in [3.63, 3.8) is 0 Å². The molecule has 0 atom stereocenters. The Morgan fingerprint density at radius 2 is 1.33 bits per heavy atom. The van der Waals surface area contributed by atoms with Crippen molar-refractivity contribution in [3.8, 4) is 0 Å². The van der Waals surface area contributed by atoms with Crippen LogP contribution in [0, 0.1) is 13.8 Å². The molecule has 15 heavy (non-hydrogen) atoms. The normalized spacial score (nSPS) is 10.3. The third kappa shape index (κ3) is 2.44. The van der Waals surface area contributed by atoms with Crippen LogP contribution in [0.4, 0.5) is 0 Å². The van der Waals surface area contributed by atoms with Crippen molar-refractivity contribution in [2.75, 3.05) is 0 Å². The van der Waals surface area contributed by atoms with Gasteiger partial charge in [0.25, 0.3) is 0 Å². The molecule has 0 aliphatic rings. The van der Waals surface area contributed by atoms with Crippen LogP contribution in [0.1, 0.15) is 11.1 Å². The summed E-state index contributed by atoms with van der Waals surface area (Å²) in [5, 5.41) is 0. The molecule has 76 valence electrons. The van der Waals surface area contributed by atoms with E-state index in [2.05, 4.69) is 35.9 Å². The van der Waals surface area contributed by atoms with Gasteiger partial charge in [0, 0.05) is 0 Å². The van der Waals surface area contributed by atoms with Crippen molar-refractivity contribution in [1.29, 1.82) is 0 Å². The van der Waals surface area contributed by atoms with Crippen LogP contribution in [0.25, 0.3) is 0 Å². The van der Waals surface area contributed by atoms with E-state index < -0.39 is 0 Å². The monoisotopic (exact) mass is 264 g/mol. The van der Waals surface area contributed by atoms with Crippen LogP contribution in [0.15, 0.2) is 36.9 Å². The maximum atomic E-state index is 4.11. The number of hydrogen-bond donors (Lipinski definition) is 0. The van der Waals surface area contributed by atoms with Crippen LogP contribution >= 0.6 is 0 Å². The average molecular weight is 263 g/mol. The first-order chi connectivity index (χ1) is 7.27. The molecule has 2 aromatic heterocycles. The SMILES string of the molecule is Cc1cnccc1[Se]c1ccncc1C. The predicted octanol–water partition coefficient (Wildman–Crippen LogP) is 0.748. The Morgan fingerprint density at radius 1 is 0.867 bits per heavy atom. The summed E-state index contributed by atoms with van der Waals surface area (Å²) in [4.78, 5) is 8.21. The van der Waals surface area contributed by atoms with Gasteiger partial charge in [-0.1, -0.05) is 0 Å². The molecule has 0 unspecified atom stereocenters. The van der Waals surface area contributed by atoms with E-state index in [0.29, 0.717) is 15.0 Å². The second kappa shape index (κ2) is 4.56. The van der Waals surface area contributed by atoms with Gasteiger partial charge in [-0.25, -0.2) is 0 Å². The molecule has 2 nitrogen and oxygen atoms in total. The summed E-state index contributed by atoms with van der Waals surface area (Å²) in [5.41, 5.74) is 2.54. The summed E-state index contributed by atoms with van der Waals surface area (Å²) in [6, 6.07) is 4.21. The van der Waals surface area contributed by atoms with Crippen molar-refractivity contribution in [1.82, 2.24) is 9.97 Å². The van der Waals surface area contributed by atoms with Gasteiger partial charge in [-0.2, -0.15) is 0 Å². The van der Waals surface area contributed by atoms with Crippen LogP contribution in [0.5, 0.6) is 0 Å². The van der Waals surface area contributed by atoms with Crippen LogP contribution in [0.2, 0.25) is 0 Å². The first kappa shape index (κ1) is 10.3. The molecule has 0 saturated carbocycles. The second-order valence-corrected chi connectivity index (χ2v) is 5.66. The van der Waals surface area contributed by atoms with Crippen molar-refractivity contribution in [3.05, 3.63) is 48.0 Å². The molecule has 2 heterocycles. The Labute approximate surface area is 95.9 Å². The molecule has 0 saturated heterocycles. The van der Waals surface area contributed by atoms with E-state index in [9.17, 15) is 0 Å². The molecule has 0 aromatic carbocycles. The van der Waals surface area contributed by atoms with Crippen LogP contribution < -0.4 is 8.92 Å². The minimum atomic E-state index is 0.361. The average Bonchev–Trinajstić information content (AvgIpc) is 2.24. The summed E-state index contributed by atoms with van der Waals surface area (Å²) in [6.07, 6.45) is 7.57. The molecule has 0 aliphatic carbocycles. The van der Waals surface area contributed by atoms with Gasteiger partial charge in [0.2, 0.25) is 0 Å². The molecule has 0 radical (unpaired) electrons. The van der Waals surface area contributed by atoms with Crippen LogP contribution in [-0.4, -0.2) is 24.9 Å². The number of hydrogen-bond acceptors (Lipinski definition) is 2. The summed E-state index contributed by atoms with van der Waals surface area (Å²) in [6.45, 7) is 4.22. The van der Waals surface area contributed by atoms with Gasteiger partial charge < -0.3 is 0 Å². The number of aryl methyl sites for hydroxylation is 2. The predicted molar refractivity (Wildman–Crippen MR) is 63.0 cm³/mol. The van der Waals surface area contributed by atoms with E-state index in [0.717, 1.165) is 0 Å². The zero-order chi connectivity index (χ0) is 10.7. The van der Waals surface area contributed by atoms with Gasteiger partial charge in [0.15, 0.2) is 0 Å². The summed E-state index contributed by atoms with van der Waals surface area (Å²) in [7, 11) is 0. The standard InChI is InChI=1S/C12H12N2Se/c1-9-7-13-5-3-11(9)15-12-4-6-14-8-10(12)2/h3-8H,1-2H3. The van der Waals surface area contributed by atoms with Gasteiger partial charge >= 0.3 is 95.7 Å². The molecular formula is C12H12N2Se. The zero-order valence-corrected chi connectivity index (χ0v) is 10.5. The van der Waals surface area contributed by atoms with E-state index >= 15 is 0 Å². The Kier molecular flexibility index (Phi) is 3.14. The minimum absolute atomic E-state index is 0.361. The van der Waals surface area contributed by atoms with E-state index in [1.54, 1.807) is 0 Å². The van der Waals surface area contributed by atoms with Crippen LogP contribution in [-0.2, 0) is 0 Å². The van der Waals surface area contributed by atoms with Crippen LogP contribution in [0.3, 0.4) is 0 Å². The van der Waals surface area contributed by atoms with Gasteiger partial charge in [0.05, 0.1) is 0 Å². The maximum absolute atomic E-state index is 4.11. The van der Waals surface area contributed by atoms with Crippen molar-refractivity contribution < 1.29 is 0 Å². The van der Waals surface area contributed by atoms with E-state index in [-0.39, 0.29) is 0 Å². The number of nitrogens with zero attached hydrogens (tertiary/aromatic N) is 2. The molecule has 0 amide bonds. The fourth-order valence-electron chi connectivity index (χ4n) is 1.27. The molecule has 0 spiro atoms. The first-order valence-electron chi connectivity index (χ1n) is 4.76. The number of pyridine rings is 2. The van der Waals surface area contributed by atoms with Gasteiger partial charge in [-0.3, -0.25) is 0 Å². The van der Waals surface area contributed by atoms with E-state index in [1.165, 1.54) is 20.1 Å². The fourth-order valence-corrected chi connectivity index (χ4v) is 3.20. The van der Waals surface area contributed by atoms with Crippen molar-refractivity contribution in [2.45, 2.75) is 13.8 Å². The quantitative estimate of drug-likeness (QED) is 0.747. The Balaban J connectivity index is 2.30. The molecule has 2 aromatic rings. The molecule has 0 N–H and O–H groups in total. The third-order valence-electron chi connectivity index (χ3n) is 2.16. The number of rotatable bonds is 2. The Bertz CT molecular complexity index is 425. The van der Waals surface area contributed by atoms with Gasteiger partial charge in [-0.15, -0.1) is 0 Å². The molecule has 0 aliphatic heterocycles. The molecule has 0 fully saturated rings. The molecular weight excluding hydrogens is 251 g/mol. The molecule has 0 bridgehead atoms. The fraction of sp³-hybridized carbons (Fsp3) is 0.167. The summed E-state index contributed by atoms with van der Waals surface area (Å²) < 4.78 is 2.79. The Morgan fingerprint density at radius 3 is 1.73 bits per heavy atom. The summed E-state index contributed by atoms with van der Waals surface area (Å²) in [5.74, 6) is 0. The van der Waals surface area contributed by atoms with E-state index in [1.807, 2.05) is 24.8 Å². The molecule has 2 rings (SSSR count).